The van der Waals surface area contributed by atoms with Crippen LogP contribution in [0.25, 0.3) is 0 Å². The van der Waals surface area contributed by atoms with Crippen LogP contribution in [0.15, 0.2) is 52.6 Å². The fraction of sp³-hybridized carbons (Fsp3) is 0.316. The Bertz CT molecular complexity index is 905. The molecule has 0 bridgehead atoms. The van der Waals surface area contributed by atoms with Crippen LogP contribution in [0.4, 0.5) is 11.5 Å². The highest BCUT2D eigenvalue weighted by Crippen LogP contribution is 2.20. The molecule has 7 nitrogen and oxygen atoms in total. The molecule has 0 saturated heterocycles. The number of hydrogen-bond acceptors (Lipinski definition) is 4. The van der Waals surface area contributed by atoms with Gasteiger partial charge in [-0.05, 0) is 24.2 Å². The Morgan fingerprint density at radius 1 is 1.37 bits per heavy atom. The zero-order chi connectivity index (χ0) is 19.8. The van der Waals surface area contributed by atoms with Crippen LogP contribution in [-0.2, 0) is 13.1 Å². The number of hydrogen-bond donors (Lipinski definition) is 3. The third kappa shape index (κ3) is 5.07. The third-order valence-electron chi connectivity index (χ3n) is 4.05. The van der Waals surface area contributed by atoms with Gasteiger partial charge in [0.25, 0.3) is 5.56 Å². The molecule has 0 atom stereocenters. The molecular formula is C19H25N5O2S. The number of aromatic nitrogens is 2. The number of unbranched alkanes of at least 4 members (excludes halogenated alkanes) is 1. The van der Waals surface area contributed by atoms with Crippen molar-refractivity contribution in [2.45, 2.75) is 32.9 Å². The number of aromatic amines is 1. The predicted octanol–water partition coefficient (Wildman–Crippen LogP) is 1.99. The number of benzene rings is 1. The summed E-state index contributed by atoms with van der Waals surface area (Å²) >= 11 is 5.48. The van der Waals surface area contributed by atoms with Crippen LogP contribution in [0.2, 0.25) is 0 Å². The molecule has 4 N–H and O–H groups in total. The highest BCUT2D eigenvalue weighted by molar-refractivity contribution is 7.80. The fourth-order valence-corrected chi connectivity index (χ4v) is 2.89. The summed E-state index contributed by atoms with van der Waals surface area (Å²) < 4.78 is 1.38. The molecule has 0 saturated carbocycles. The van der Waals surface area contributed by atoms with Crippen LogP contribution in [0.1, 0.15) is 25.3 Å². The number of anilines is 2. The molecule has 0 fully saturated rings. The van der Waals surface area contributed by atoms with Crippen molar-refractivity contribution < 1.29 is 0 Å². The van der Waals surface area contributed by atoms with Gasteiger partial charge in [0, 0.05) is 13.1 Å². The second-order valence-electron chi connectivity index (χ2n) is 6.04. The van der Waals surface area contributed by atoms with Gasteiger partial charge in [0.1, 0.15) is 5.82 Å². The van der Waals surface area contributed by atoms with E-state index in [1.165, 1.54) is 4.57 Å². The van der Waals surface area contributed by atoms with Gasteiger partial charge in [0.2, 0.25) is 0 Å². The highest BCUT2D eigenvalue weighted by Gasteiger charge is 2.22. The van der Waals surface area contributed by atoms with Gasteiger partial charge in [-0.15, -0.1) is 6.58 Å². The second kappa shape index (κ2) is 9.72. The van der Waals surface area contributed by atoms with Gasteiger partial charge in [0.05, 0.1) is 6.54 Å². The quantitative estimate of drug-likeness (QED) is 0.474. The summed E-state index contributed by atoms with van der Waals surface area (Å²) in [6, 6.07) is 9.59. The molecule has 2 rings (SSSR count). The summed E-state index contributed by atoms with van der Waals surface area (Å²) in [5.74, 6) is 0.107. The zero-order valence-electron chi connectivity index (χ0n) is 15.4. The van der Waals surface area contributed by atoms with E-state index in [1.54, 1.807) is 11.0 Å². The molecule has 0 amide bonds. The summed E-state index contributed by atoms with van der Waals surface area (Å²) in [4.78, 5) is 28.8. The van der Waals surface area contributed by atoms with Crippen molar-refractivity contribution in [3.05, 3.63) is 69.4 Å². The lowest BCUT2D eigenvalue weighted by Gasteiger charge is -2.27. The summed E-state index contributed by atoms with van der Waals surface area (Å²) in [7, 11) is 0. The predicted molar refractivity (Wildman–Crippen MR) is 114 cm³/mol. The van der Waals surface area contributed by atoms with E-state index in [-0.39, 0.29) is 11.5 Å². The molecule has 0 spiro atoms. The standard InChI is InChI=1S/C19H25N5O2S/c1-3-5-12-23-16(20)15(17(25)22-18(23)26)24(19(27)21-11-4-2)13-14-9-7-6-8-10-14/h4,6-10H,2-3,5,11-13,20H2,1H3,(H,21,27)(H,22,25,26). The summed E-state index contributed by atoms with van der Waals surface area (Å²) in [5, 5.41) is 3.36. The van der Waals surface area contributed by atoms with Crippen molar-refractivity contribution in [2.24, 2.45) is 0 Å². The Hall–Kier alpha value is -2.87. The van der Waals surface area contributed by atoms with Crippen molar-refractivity contribution in [3.63, 3.8) is 0 Å². The number of nitrogens with two attached hydrogens (primary N) is 1. The smallest absolute Gasteiger partial charge is 0.330 e. The summed E-state index contributed by atoms with van der Waals surface area (Å²) in [5.41, 5.74) is 6.27. The molecule has 1 aromatic carbocycles. The van der Waals surface area contributed by atoms with Crippen molar-refractivity contribution in [1.29, 1.82) is 0 Å². The SMILES string of the molecule is C=CCNC(=S)N(Cc1ccccc1)c1c(N)n(CCCC)c(=O)[nH]c1=O. The van der Waals surface area contributed by atoms with E-state index in [0.29, 0.717) is 24.7 Å². The van der Waals surface area contributed by atoms with E-state index < -0.39 is 11.2 Å². The molecule has 1 aromatic heterocycles. The maximum Gasteiger partial charge on any atom is 0.330 e. The second-order valence-corrected chi connectivity index (χ2v) is 6.43. The Morgan fingerprint density at radius 3 is 2.70 bits per heavy atom. The Labute approximate surface area is 163 Å². The number of rotatable bonds is 8. The Morgan fingerprint density at radius 2 is 2.07 bits per heavy atom. The van der Waals surface area contributed by atoms with Gasteiger partial charge < -0.3 is 16.0 Å². The van der Waals surface area contributed by atoms with Crippen LogP contribution in [0, 0.1) is 0 Å². The monoisotopic (exact) mass is 387 g/mol. The average Bonchev–Trinajstić information content (AvgIpc) is 2.65. The molecule has 0 aliphatic rings. The fourth-order valence-electron chi connectivity index (χ4n) is 2.65. The van der Waals surface area contributed by atoms with E-state index >= 15 is 0 Å². The third-order valence-corrected chi connectivity index (χ3v) is 4.41. The van der Waals surface area contributed by atoms with E-state index in [1.807, 2.05) is 37.3 Å². The normalized spacial score (nSPS) is 10.4. The van der Waals surface area contributed by atoms with Crippen molar-refractivity contribution in [3.8, 4) is 0 Å². The van der Waals surface area contributed by atoms with Crippen LogP contribution in [0.5, 0.6) is 0 Å². The first-order valence-electron chi connectivity index (χ1n) is 8.82. The number of thiocarbonyl (C=S) groups is 1. The number of nitrogens with zero attached hydrogens (tertiary/aromatic N) is 2. The Kier molecular flexibility index (Phi) is 7.36. The van der Waals surface area contributed by atoms with E-state index in [4.69, 9.17) is 18.0 Å². The molecular weight excluding hydrogens is 362 g/mol. The van der Waals surface area contributed by atoms with Gasteiger partial charge >= 0.3 is 5.69 Å². The van der Waals surface area contributed by atoms with Crippen LogP contribution in [-0.4, -0.2) is 21.2 Å². The zero-order valence-corrected chi connectivity index (χ0v) is 16.2. The van der Waals surface area contributed by atoms with E-state index in [2.05, 4.69) is 16.9 Å². The van der Waals surface area contributed by atoms with Crippen molar-refractivity contribution in [1.82, 2.24) is 14.9 Å². The maximum atomic E-state index is 12.6. The topological polar surface area (TPSA) is 96.2 Å². The highest BCUT2D eigenvalue weighted by atomic mass is 32.1. The molecule has 1 heterocycles. The van der Waals surface area contributed by atoms with Gasteiger partial charge in [-0.25, -0.2) is 4.79 Å². The first-order chi connectivity index (χ1) is 13.0. The van der Waals surface area contributed by atoms with E-state index in [9.17, 15) is 9.59 Å². The molecule has 0 radical (unpaired) electrons. The van der Waals surface area contributed by atoms with Crippen LogP contribution in [0.3, 0.4) is 0 Å². The summed E-state index contributed by atoms with van der Waals surface area (Å²) in [6.07, 6.45) is 3.34. The largest absolute Gasteiger partial charge is 0.383 e. The Balaban J connectivity index is 2.53. The molecule has 0 aliphatic carbocycles. The molecule has 0 unspecified atom stereocenters. The molecule has 144 valence electrons. The van der Waals surface area contributed by atoms with Gasteiger partial charge in [-0.2, -0.15) is 0 Å². The molecule has 0 aliphatic heterocycles. The first-order valence-corrected chi connectivity index (χ1v) is 9.23. The molecule has 2 aromatic rings. The van der Waals surface area contributed by atoms with E-state index in [0.717, 1.165) is 18.4 Å². The van der Waals surface area contributed by atoms with Gasteiger partial charge in [-0.1, -0.05) is 49.8 Å². The maximum absolute atomic E-state index is 12.6. The molecule has 8 heteroatoms. The molecule has 27 heavy (non-hydrogen) atoms. The average molecular weight is 388 g/mol. The lowest BCUT2D eigenvalue weighted by molar-refractivity contribution is 0.604. The minimum atomic E-state index is -0.566. The number of nitrogen functional groups attached to an aromatic ring is 1. The minimum Gasteiger partial charge on any atom is -0.383 e. The minimum absolute atomic E-state index is 0.107. The lowest BCUT2D eigenvalue weighted by atomic mass is 10.2. The number of nitrogens with one attached hydrogen (secondary N) is 2. The van der Waals surface area contributed by atoms with Crippen LogP contribution >= 0.6 is 12.2 Å². The first kappa shape index (κ1) is 20.4. The number of H-pyrrole nitrogens is 1. The summed E-state index contributed by atoms with van der Waals surface area (Å²) in [6.45, 7) is 6.89. The van der Waals surface area contributed by atoms with Gasteiger partial charge in [-0.3, -0.25) is 14.3 Å². The van der Waals surface area contributed by atoms with Crippen molar-refractivity contribution >= 4 is 28.8 Å². The van der Waals surface area contributed by atoms with Gasteiger partial charge in [0.15, 0.2) is 10.8 Å². The van der Waals surface area contributed by atoms with Crippen molar-refractivity contribution in [2.75, 3.05) is 17.2 Å². The lowest BCUT2D eigenvalue weighted by Crippen LogP contribution is -2.45. The van der Waals surface area contributed by atoms with Crippen LogP contribution < -0.4 is 27.2 Å².